The SMILES string of the molecule is CCOc1cc(/C=C2\SC(=O)N(CC(=O)N3CCOCC3)C2=O)cc(I)c1OCc1ccc(F)cc1. The third-order valence-corrected chi connectivity index (χ3v) is 7.17. The number of morpholine rings is 1. The average molecular weight is 626 g/mol. The van der Waals surface area contributed by atoms with E-state index in [0.717, 1.165) is 25.8 Å². The summed E-state index contributed by atoms with van der Waals surface area (Å²) in [5.41, 5.74) is 1.46. The summed E-state index contributed by atoms with van der Waals surface area (Å²) in [6, 6.07) is 9.59. The van der Waals surface area contributed by atoms with Gasteiger partial charge < -0.3 is 19.1 Å². The largest absolute Gasteiger partial charge is 0.490 e. The standard InChI is InChI=1S/C25H24FIN2O6S/c1-2-34-20-12-17(11-19(27)23(20)35-15-16-3-5-18(26)6-4-16)13-21-24(31)29(25(32)36-21)14-22(30)28-7-9-33-10-8-28/h3-6,11-13H,2,7-10,14-15H2,1H3/b21-13-. The van der Waals surface area contributed by atoms with Crippen molar-refractivity contribution in [2.24, 2.45) is 0 Å². The Morgan fingerprint density at radius 2 is 1.89 bits per heavy atom. The van der Waals surface area contributed by atoms with Crippen LogP contribution < -0.4 is 9.47 Å². The van der Waals surface area contributed by atoms with Crippen LogP contribution in [0.1, 0.15) is 18.1 Å². The summed E-state index contributed by atoms with van der Waals surface area (Å²) in [6.07, 6.45) is 1.61. The summed E-state index contributed by atoms with van der Waals surface area (Å²) in [5.74, 6) is -0.0842. The van der Waals surface area contributed by atoms with Gasteiger partial charge in [-0.3, -0.25) is 19.3 Å². The molecule has 0 N–H and O–H groups in total. The van der Waals surface area contributed by atoms with Crippen LogP contribution in [0.5, 0.6) is 11.5 Å². The Bertz CT molecular complexity index is 1180. The molecule has 0 unspecified atom stereocenters. The fourth-order valence-electron chi connectivity index (χ4n) is 3.65. The van der Waals surface area contributed by atoms with Crippen molar-refractivity contribution in [1.82, 2.24) is 9.80 Å². The zero-order valence-electron chi connectivity index (χ0n) is 19.5. The smallest absolute Gasteiger partial charge is 0.294 e. The molecular formula is C25H24FIN2O6S. The van der Waals surface area contributed by atoms with Gasteiger partial charge >= 0.3 is 0 Å². The van der Waals surface area contributed by atoms with Crippen molar-refractivity contribution in [3.05, 3.63) is 61.8 Å². The second kappa shape index (κ2) is 12.1. The van der Waals surface area contributed by atoms with Gasteiger partial charge in [-0.25, -0.2) is 4.39 Å². The number of hydrogen-bond acceptors (Lipinski definition) is 7. The van der Waals surface area contributed by atoms with E-state index in [2.05, 4.69) is 22.6 Å². The number of carbonyl (C=O) groups excluding carboxylic acids is 3. The molecule has 2 aromatic rings. The number of hydrogen-bond donors (Lipinski definition) is 0. The van der Waals surface area contributed by atoms with E-state index < -0.39 is 11.1 Å². The Balaban J connectivity index is 1.50. The van der Waals surface area contributed by atoms with E-state index in [0.29, 0.717) is 50.0 Å². The van der Waals surface area contributed by atoms with Gasteiger partial charge in [-0.15, -0.1) is 0 Å². The predicted octanol–water partition coefficient (Wildman–Crippen LogP) is 4.30. The van der Waals surface area contributed by atoms with E-state index in [4.69, 9.17) is 14.2 Å². The summed E-state index contributed by atoms with van der Waals surface area (Å²) in [5, 5.41) is -0.480. The van der Waals surface area contributed by atoms with Crippen molar-refractivity contribution in [3.8, 4) is 11.5 Å². The lowest BCUT2D eigenvalue weighted by atomic mass is 10.1. The molecule has 2 heterocycles. The lowest BCUT2D eigenvalue weighted by molar-refractivity contribution is -0.139. The van der Waals surface area contributed by atoms with Crippen molar-refractivity contribution in [1.29, 1.82) is 0 Å². The number of rotatable bonds is 8. The number of benzene rings is 2. The number of ether oxygens (including phenoxy) is 3. The van der Waals surface area contributed by atoms with Crippen LogP contribution in [0, 0.1) is 9.39 Å². The first kappa shape index (κ1) is 26.4. The van der Waals surface area contributed by atoms with E-state index in [-0.39, 0.29) is 29.8 Å². The lowest BCUT2D eigenvalue weighted by Gasteiger charge is -2.28. The highest BCUT2D eigenvalue weighted by Gasteiger charge is 2.37. The number of carbonyl (C=O) groups is 3. The zero-order chi connectivity index (χ0) is 25.7. The summed E-state index contributed by atoms with van der Waals surface area (Å²) in [4.78, 5) is 40.8. The van der Waals surface area contributed by atoms with Crippen LogP contribution in [0.25, 0.3) is 6.08 Å². The molecule has 2 saturated heterocycles. The summed E-state index contributed by atoms with van der Waals surface area (Å²) >= 11 is 2.92. The minimum atomic E-state index is -0.504. The Morgan fingerprint density at radius 1 is 1.17 bits per heavy atom. The number of thioether (sulfide) groups is 1. The van der Waals surface area contributed by atoms with Gasteiger partial charge in [0.1, 0.15) is 19.0 Å². The molecule has 0 aliphatic carbocycles. The van der Waals surface area contributed by atoms with E-state index in [1.165, 1.54) is 12.1 Å². The molecule has 3 amide bonds. The number of imide groups is 1. The van der Waals surface area contributed by atoms with Crippen LogP contribution >= 0.6 is 34.4 Å². The minimum Gasteiger partial charge on any atom is -0.490 e. The Kier molecular flexibility index (Phi) is 8.86. The Morgan fingerprint density at radius 3 is 2.58 bits per heavy atom. The molecule has 2 aliphatic rings. The third-order valence-electron chi connectivity index (χ3n) is 5.46. The maximum Gasteiger partial charge on any atom is 0.294 e. The summed E-state index contributed by atoms with van der Waals surface area (Å²) in [7, 11) is 0. The van der Waals surface area contributed by atoms with E-state index >= 15 is 0 Å². The zero-order valence-corrected chi connectivity index (χ0v) is 22.5. The molecule has 11 heteroatoms. The molecule has 0 bridgehead atoms. The molecule has 0 spiro atoms. The fraction of sp³-hybridized carbons (Fsp3) is 0.320. The van der Waals surface area contributed by atoms with Crippen LogP contribution in [0.15, 0.2) is 41.3 Å². The van der Waals surface area contributed by atoms with E-state index in [9.17, 15) is 18.8 Å². The maximum atomic E-state index is 13.2. The highest BCUT2D eigenvalue weighted by molar-refractivity contribution is 14.1. The van der Waals surface area contributed by atoms with Gasteiger partial charge in [-0.05, 0) is 82.7 Å². The number of halogens is 2. The van der Waals surface area contributed by atoms with Crippen LogP contribution in [0.2, 0.25) is 0 Å². The Hall–Kier alpha value is -2.64. The normalized spacial score (nSPS) is 17.1. The monoisotopic (exact) mass is 626 g/mol. The third kappa shape index (κ3) is 6.37. The first-order valence-corrected chi connectivity index (χ1v) is 13.2. The molecule has 0 radical (unpaired) electrons. The second-order valence-corrected chi connectivity index (χ2v) is 10.1. The topological polar surface area (TPSA) is 85.4 Å². The molecule has 4 rings (SSSR count). The van der Waals surface area contributed by atoms with Crippen molar-refractivity contribution in [2.75, 3.05) is 39.5 Å². The molecular weight excluding hydrogens is 602 g/mol. The van der Waals surface area contributed by atoms with Crippen LogP contribution in [-0.4, -0.2) is 66.3 Å². The maximum absolute atomic E-state index is 13.2. The molecule has 36 heavy (non-hydrogen) atoms. The van der Waals surface area contributed by atoms with E-state index in [1.54, 1.807) is 29.2 Å². The molecule has 2 aliphatic heterocycles. The lowest BCUT2D eigenvalue weighted by Crippen LogP contribution is -2.46. The number of nitrogens with zero attached hydrogens (tertiary/aromatic N) is 2. The minimum absolute atomic E-state index is 0.228. The second-order valence-electron chi connectivity index (χ2n) is 7.94. The van der Waals surface area contributed by atoms with Gasteiger partial charge in [0.25, 0.3) is 11.1 Å². The van der Waals surface area contributed by atoms with Gasteiger partial charge in [0.2, 0.25) is 5.91 Å². The van der Waals surface area contributed by atoms with Crippen molar-refractivity contribution in [2.45, 2.75) is 13.5 Å². The molecule has 190 valence electrons. The van der Waals surface area contributed by atoms with Crippen LogP contribution in [-0.2, 0) is 20.9 Å². The van der Waals surface area contributed by atoms with Gasteiger partial charge in [0, 0.05) is 13.1 Å². The molecule has 2 fully saturated rings. The van der Waals surface area contributed by atoms with Crippen LogP contribution in [0.3, 0.4) is 0 Å². The first-order chi connectivity index (χ1) is 17.4. The molecule has 0 atom stereocenters. The van der Waals surface area contributed by atoms with E-state index in [1.807, 2.05) is 13.0 Å². The van der Waals surface area contributed by atoms with Crippen molar-refractivity contribution < 1.29 is 33.0 Å². The molecule has 2 aromatic carbocycles. The highest BCUT2D eigenvalue weighted by atomic mass is 127. The summed E-state index contributed by atoms with van der Waals surface area (Å²) < 4.78 is 30.9. The molecule has 8 nitrogen and oxygen atoms in total. The highest BCUT2D eigenvalue weighted by Crippen LogP contribution is 2.38. The fourth-order valence-corrected chi connectivity index (χ4v) is 5.27. The summed E-state index contributed by atoms with van der Waals surface area (Å²) in [6.45, 7) is 3.95. The van der Waals surface area contributed by atoms with Gasteiger partial charge in [0.15, 0.2) is 11.5 Å². The quantitative estimate of drug-likeness (QED) is 0.319. The van der Waals surface area contributed by atoms with Gasteiger partial charge in [0.05, 0.1) is 28.3 Å². The molecule has 0 aromatic heterocycles. The number of amides is 3. The Labute approximate surface area is 225 Å². The first-order valence-electron chi connectivity index (χ1n) is 11.3. The predicted molar refractivity (Wildman–Crippen MR) is 141 cm³/mol. The average Bonchev–Trinajstić information content (AvgIpc) is 3.12. The van der Waals surface area contributed by atoms with Crippen molar-refractivity contribution >= 4 is 57.5 Å². The van der Waals surface area contributed by atoms with Crippen molar-refractivity contribution in [3.63, 3.8) is 0 Å². The van der Waals surface area contributed by atoms with Gasteiger partial charge in [-0.2, -0.15) is 0 Å². The molecule has 0 saturated carbocycles. The van der Waals surface area contributed by atoms with Crippen LogP contribution in [0.4, 0.5) is 9.18 Å². The van der Waals surface area contributed by atoms with Gasteiger partial charge in [-0.1, -0.05) is 12.1 Å².